The molecule has 0 aliphatic carbocycles. The van der Waals surface area contributed by atoms with Crippen LogP contribution in [0.2, 0.25) is 0 Å². The third-order valence-corrected chi connectivity index (χ3v) is 7.19. The molecule has 1 amide bonds. The van der Waals surface area contributed by atoms with Crippen molar-refractivity contribution < 1.29 is 27.5 Å². The summed E-state index contributed by atoms with van der Waals surface area (Å²) in [6, 6.07) is 13.1. The van der Waals surface area contributed by atoms with Crippen molar-refractivity contribution in [3.05, 3.63) is 54.1 Å². The molecule has 32 heavy (non-hydrogen) atoms. The molecule has 1 fully saturated rings. The molecule has 0 aromatic heterocycles. The first-order chi connectivity index (χ1) is 15.4. The predicted octanol–water partition coefficient (Wildman–Crippen LogP) is 2.39. The summed E-state index contributed by atoms with van der Waals surface area (Å²) in [5.74, 6) is 0.948. The molecule has 2 heterocycles. The highest BCUT2D eigenvalue weighted by atomic mass is 32.2. The summed E-state index contributed by atoms with van der Waals surface area (Å²) in [4.78, 5) is 27.0. The van der Waals surface area contributed by atoms with Crippen LogP contribution in [0.5, 0.6) is 11.5 Å². The molecule has 4 rings (SSSR count). The molecule has 0 radical (unpaired) electrons. The maximum atomic E-state index is 12.6. The number of rotatable bonds is 7. The number of ketones is 1. The Morgan fingerprint density at radius 2 is 1.62 bits per heavy atom. The number of sulfonamides is 1. The first-order valence-electron chi connectivity index (χ1n) is 10.7. The molecular formula is C23H26N2O6S. The number of hydrogen-bond acceptors (Lipinski definition) is 6. The fourth-order valence-corrected chi connectivity index (χ4v) is 5.20. The third-order valence-electron chi connectivity index (χ3n) is 5.65. The lowest BCUT2D eigenvalue weighted by Crippen LogP contribution is -2.46. The van der Waals surface area contributed by atoms with Crippen molar-refractivity contribution in [3.8, 4) is 11.5 Å². The zero-order valence-corrected chi connectivity index (χ0v) is 18.5. The van der Waals surface area contributed by atoms with Gasteiger partial charge in [-0.1, -0.05) is 18.2 Å². The number of benzene rings is 2. The quantitative estimate of drug-likeness (QED) is 0.640. The minimum atomic E-state index is -3.57. The smallest absolute Gasteiger partial charge is 0.240 e. The summed E-state index contributed by atoms with van der Waals surface area (Å²) in [7, 11) is -3.57. The monoisotopic (exact) mass is 458 g/mol. The number of carbonyl (C=O) groups is 2. The Morgan fingerprint density at radius 3 is 2.34 bits per heavy atom. The van der Waals surface area contributed by atoms with E-state index in [9.17, 15) is 18.0 Å². The number of Topliss-reactive ketones (excluding diaryl/α,β-unsaturated/α-hetero) is 1. The van der Waals surface area contributed by atoms with E-state index in [1.165, 1.54) is 0 Å². The lowest BCUT2D eigenvalue weighted by molar-refractivity contribution is -0.132. The van der Waals surface area contributed by atoms with E-state index in [1.54, 1.807) is 53.4 Å². The predicted molar refractivity (Wildman–Crippen MR) is 117 cm³/mol. The summed E-state index contributed by atoms with van der Waals surface area (Å²) in [6.07, 6.45) is 1.30. The Hall–Kier alpha value is -2.91. The Morgan fingerprint density at radius 1 is 0.938 bits per heavy atom. The maximum Gasteiger partial charge on any atom is 0.240 e. The standard InChI is InChI=1S/C23H26N2O6S/c26-20(17-6-8-21-22(16-17)31-15-14-30-21)7-9-23(27)25-12-10-18(11-13-25)24-32(28,29)19-4-2-1-3-5-19/h1-6,8,16,18,24H,7,9-15H2. The van der Waals surface area contributed by atoms with Gasteiger partial charge in [0, 0.05) is 37.5 Å². The van der Waals surface area contributed by atoms with E-state index < -0.39 is 10.0 Å². The molecule has 1 saturated heterocycles. The molecule has 2 aliphatic rings. The van der Waals surface area contributed by atoms with Crippen LogP contribution in [0.3, 0.4) is 0 Å². The van der Waals surface area contributed by atoms with E-state index in [0.29, 0.717) is 56.2 Å². The average Bonchev–Trinajstić information content (AvgIpc) is 2.83. The van der Waals surface area contributed by atoms with Crippen molar-refractivity contribution in [2.45, 2.75) is 36.6 Å². The van der Waals surface area contributed by atoms with Crippen LogP contribution in [-0.2, 0) is 14.8 Å². The van der Waals surface area contributed by atoms with Crippen LogP contribution in [0.25, 0.3) is 0 Å². The van der Waals surface area contributed by atoms with Gasteiger partial charge >= 0.3 is 0 Å². The summed E-state index contributed by atoms with van der Waals surface area (Å²) in [5, 5.41) is 0. The van der Waals surface area contributed by atoms with Gasteiger partial charge in [-0.25, -0.2) is 13.1 Å². The summed E-state index contributed by atoms with van der Waals surface area (Å²) < 4.78 is 38.6. The Balaban J connectivity index is 1.24. The second-order valence-electron chi connectivity index (χ2n) is 7.87. The van der Waals surface area contributed by atoms with E-state index in [1.807, 2.05) is 0 Å². The van der Waals surface area contributed by atoms with Gasteiger partial charge in [0.2, 0.25) is 15.9 Å². The number of ether oxygens (including phenoxy) is 2. The molecule has 2 aromatic carbocycles. The normalized spacial score (nSPS) is 16.6. The number of hydrogen-bond donors (Lipinski definition) is 1. The van der Waals surface area contributed by atoms with Crippen LogP contribution in [0.4, 0.5) is 0 Å². The number of nitrogens with one attached hydrogen (secondary N) is 1. The largest absolute Gasteiger partial charge is 0.486 e. The Kier molecular flexibility index (Phi) is 6.76. The lowest BCUT2D eigenvalue weighted by atomic mass is 10.0. The number of fused-ring (bicyclic) bond motifs is 1. The second kappa shape index (κ2) is 9.70. The van der Waals surface area contributed by atoms with Crippen molar-refractivity contribution in [3.63, 3.8) is 0 Å². The molecule has 170 valence electrons. The third kappa shape index (κ3) is 5.28. The van der Waals surface area contributed by atoms with Crippen molar-refractivity contribution in [2.75, 3.05) is 26.3 Å². The van der Waals surface area contributed by atoms with E-state index in [2.05, 4.69) is 4.72 Å². The number of likely N-dealkylation sites (tertiary alicyclic amines) is 1. The molecule has 0 saturated carbocycles. The first kappa shape index (κ1) is 22.3. The fraction of sp³-hybridized carbons (Fsp3) is 0.391. The highest BCUT2D eigenvalue weighted by Gasteiger charge is 2.27. The second-order valence-corrected chi connectivity index (χ2v) is 9.58. The van der Waals surface area contributed by atoms with Crippen molar-refractivity contribution >= 4 is 21.7 Å². The average molecular weight is 459 g/mol. The topological polar surface area (TPSA) is 102 Å². The number of carbonyl (C=O) groups excluding carboxylic acids is 2. The molecule has 8 nitrogen and oxygen atoms in total. The van der Waals surface area contributed by atoms with Crippen LogP contribution >= 0.6 is 0 Å². The van der Waals surface area contributed by atoms with Crippen LogP contribution in [0.1, 0.15) is 36.0 Å². The maximum absolute atomic E-state index is 12.6. The molecule has 1 N–H and O–H groups in total. The number of nitrogens with zero attached hydrogens (tertiary/aromatic N) is 1. The minimum absolute atomic E-state index is 0.0970. The first-order valence-corrected chi connectivity index (χ1v) is 12.2. The van der Waals surface area contributed by atoms with Crippen molar-refractivity contribution in [2.24, 2.45) is 0 Å². The Labute approximate surface area is 187 Å². The fourth-order valence-electron chi connectivity index (χ4n) is 3.87. The van der Waals surface area contributed by atoms with Crippen molar-refractivity contribution in [1.29, 1.82) is 0 Å². The van der Waals surface area contributed by atoms with Crippen LogP contribution < -0.4 is 14.2 Å². The van der Waals surface area contributed by atoms with E-state index >= 15 is 0 Å². The molecule has 0 bridgehead atoms. The van der Waals surface area contributed by atoms with Gasteiger partial charge in [-0.3, -0.25) is 9.59 Å². The SMILES string of the molecule is O=C(CCC(=O)N1CCC(NS(=O)(=O)c2ccccc2)CC1)c1ccc2c(c1)OCCO2. The molecule has 0 unspecified atom stereocenters. The van der Waals surface area contributed by atoms with Crippen LogP contribution in [-0.4, -0.2) is 57.4 Å². The van der Waals surface area contributed by atoms with Gasteiger partial charge in [-0.15, -0.1) is 0 Å². The van der Waals surface area contributed by atoms with Crippen LogP contribution in [0, 0.1) is 0 Å². The lowest BCUT2D eigenvalue weighted by Gasteiger charge is -2.32. The summed E-state index contributed by atoms with van der Waals surface area (Å²) >= 11 is 0. The highest BCUT2D eigenvalue weighted by molar-refractivity contribution is 7.89. The number of piperidine rings is 1. The number of amides is 1. The van der Waals surface area contributed by atoms with Gasteiger partial charge in [0.05, 0.1) is 4.90 Å². The minimum Gasteiger partial charge on any atom is -0.486 e. The zero-order valence-electron chi connectivity index (χ0n) is 17.7. The van der Waals surface area contributed by atoms with Crippen molar-refractivity contribution in [1.82, 2.24) is 9.62 Å². The molecule has 2 aromatic rings. The van der Waals surface area contributed by atoms with Crippen LogP contribution in [0.15, 0.2) is 53.4 Å². The Bertz CT molecular complexity index is 1080. The van der Waals surface area contributed by atoms with Gasteiger partial charge in [0.25, 0.3) is 0 Å². The van der Waals surface area contributed by atoms with E-state index in [-0.39, 0.29) is 35.5 Å². The van der Waals surface area contributed by atoms with Gasteiger partial charge < -0.3 is 14.4 Å². The summed E-state index contributed by atoms with van der Waals surface area (Å²) in [6.45, 7) is 1.85. The molecule has 9 heteroatoms. The zero-order chi connectivity index (χ0) is 22.6. The molecule has 2 aliphatic heterocycles. The molecule has 0 spiro atoms. The van der Waals surface area contributed by atoms with E-state index in [4.69, 9.17) is 9.47 Å². The van der Waals surface area contributed by atoms with Gasteiger partial charge in [-0.05, 0) is 43.2 Å². The van der Waals surface area contributed by atoms with Gasteiger partial charge in [-0.2, -0.15) is 0 Å². The van der Waals surface area contributed by atoms with Gasteiger partial charge in [0.15, 0.2) is 17.3 Å². The van der Waals surface area contributed by atoms with E-state index in [0.717, 1.165) is 0 Å². The van der Waals surface area contributed by atoms with Gasteiger partial charge in [0.1, 0.15) is 13.2 Å². The molecular weight excluding hydrogens is 432 g/mol. The summed E-state index contributed by atoms with van der Waals surface area (Å²) in [5.41, 5.74) is 0.496. The molecule has 0 atom stereocenters. The highest BCUT2D eigenvalue weighted by Crippen LogP contribution is 2.31.